The second-order valence-corrected chi connectivity index (χ2v) is 6.58. The van der Waals surface area contributed by atoms with Crippen molar-refractivity contribution >= 4 is 5.78 Å². The third kappa shape index (κ3) is 3.46. The predicted molar refractivity (Wildman–Crippen MR) is 80.3 cm³/mol. The second-order valence-electron chi connectivity index (χ2n) is 6.58. The van der Waals surface area contributed by atoms with Crippen molar-refractivity contribution in [2.75, 3.05) is 0 Å². The molecular weight excluding hydrogens is 232 g/mol. The van der Waals surface area contributed by atoms with Gasteiger partial charge in [0.15, 0.2) is 0 Å². The van der Waals surface area contributed by atoms with Crippen LogP contribution in [0.15, 0.2) is 18.2 Å². The molecule has 2 atom stereocenters. The van der Waals surface area contributed by atoms with Gasteiger partial charge in [0.05, 0.1) is 0 Å². The van der Waals surface area contributed by atoms with Gasteiger partial charge in [-0.15, -0.1) is 0 Å². The SMILES string of the molecule is Cc1ccc(C)c(CC2CC(C(C)C)CCC2=O)c1. The highest BCUT2D eigenvalue weighted by Gasteiger charge is 2.30. The normalized spacial score (nSPS) is 23.9. The van der Waals surface area contributed by atoms with Crippen molar-refractivity contribution in [1.29, 1.82) is 0 Å². The van der Waals surface area contributed by atoms with Crippen LogP contribution in [0.2, 0.25) is 0 Å². The molecule has 1 saturated carbocycles. The van der Waals surface area contributed by atoms with Crippen LogP contribution in [-0.4, -0.2) is 5.78 Å². The van der Waals surface area contributed by atoms with E-state index in [1.807, 2.05) is 0 Å². The number of hydrogen-bond donors (Lipinski definition) is 0. The van der Waals surface area contributed by atoms with Crippen molar-refractivity contribution in [2.45, 2.75) is 53.4 Å². The van der Waals surface area contributed by atoms with Gasteiger partial charge in [-0.05, 0) is 56.1 Å². The smallest absolute Gasteiger partial charge is 0.136 e. The average molecular weight is 258 g/mol. The van der Waals surface area contributed by atoms with E-state index >= 15 is 0 Å². The van der Waals surface area contributed by atoms with Crippen LogP contribution >= 0.6 is 0 Å². The van der Waals surface area contributed by atoms with Gasteiger partial charge in [0, 0.05) is 12.3 Å². The molecule has 2 rings (SSSR count). The molecule has 104 valence electrons. The van der Waals surface area contributed by atoms with Crippen LogP contribution in [0, 0.1) is 31.6 Å². The van der Waals surface area contributed by atoms with Crippen LogP contribution in [0.5, 0.6) is 0 Å². The van der Waals surface area contributed by atoms with Crippen molar-refractivity contribution in [1.82, 2.24) is 0 Å². The summed E-state index contributed by atoms with van der Waals surface area (Å²) in [6, 6.07) is 6.58. The van der Waals surface area contributed by atoms with Crippen LogP contribution in [0.3, 0.4) is 0 Å². The highest BCUT2D eigenvalue weighted by Crippen LogP contribution is 2.33. The molecule has 1 aliphatic carbocycles. The topological polar surface area (TPSA) is 17.1 Å². The zero-order chi connectivity index (χ0) is 14.0. The Morgan fingerprint density at radius 2 is 2.00 bits per heavy atom. The fraction of sp³-hybridized carbons (Fsp3) is 0.611. The minimum atomic E-state index is 0.252. The molecule has 0 aromatic heterocycles. The quantitative estimate of drug-likeness (QED) is 0.781. The maximum absolute atomic E-state index is 12.2. The molecule has 0 radical (unpaired) electrons. The highest BCUT2D eigenvalue weighted by atomic mass is 16.1. The fourth-order valence-corrected chi connectivity index (χ4v) is 3.23. The summed E-state index contributed by atoms with van der Waals surface area (Å²) >= 11 is 0. The summed E-state index contributed by atoms with van der Waals surface area (Å²) in [6.45, 7) is 8.86. The molecule has 0 bridgehead atoms. The molecule has 0 saturated heterocycles. The van der Waals surface area contributed by atoms with Gasteiger partial charge in [0.2, 0.25) is 0 Å². The maximum Gasteiger partial charge on any atom is 0.136 e. The lowest BCUT2D eigenvalue weighted by Gasteiger charge is -2.31. The number of hydrogen-bond acceptors (Lipinski definition) is 1. The first-order valence-electron chi connectivity index (χ1n) is 7.56. The summed E-state index contributed by atoms with van der Waals surface area (Å²) in [7, 11) is 0. The Morgan fingerprint density at radius 1 is 1.26 bits per heavy atom. The number of carbonyl (C=O) groups is 1. The molecule has 19 heavy (non-hydrogen) atoms. The summed E-state index contributed by atoms with van der Waals surface area (Å²) in [4.78, 5) is 12.2. The van der Waals surface area contributed by atoms with E-state index in [2.05, 4.69) is 45.9 Å². The van der Waals surface area contributed by atoms with Gasteiger partial charge in [-0.3, -0.25) is 4.79 Å². The number of ketones is 1. The maximum atomic E-state index is 12.2. The third-order valence-electron chi connectivity index (χ3n) is 4.72. The molecule has 1 nitrogen and oxygen atoms in total. The van der Waals surface area contributed by atoms with Crippen molar-refractivity contribution in [3.8, 4) is 0 Å². The molecule has 1 aromatic rings. The first-order chi connectivity index (χ1) is 8.97. The average Bonchev–Trinajstić information content (AvgIpc) is 2.36. The van der Waals surface area contributed by atoms with E-state index in [-0.39, 0.29) is 5.92 Å². The zero-order valence-electron chi connectivity index (χ0n) is 12.7. The Morgan fingerprint density at radius 3 is 2.68 bits per heavy atom. The van der Waals surface area contributed by atoms with Gasteiger partial charge in [0.1, 0.15) is 5.78 Å². The first-order valence-corrected chi connectivity index (χ1v) is 7.56. The summed E-state index contributed by atoms with van der Waals surface area (Å²) < 4.78 is 0. The van der Waals surface area contributed by atoms with Gasteiger partial charge in [-0.1, -0.05) is 37.6 Å². The van der Waals surface area contributed by atoms with Crippen LogP contribution in [0.25, 0.3) is 0 Å². The minimum absolute atomic E-state index is 0.252. The number of carbonyl (C=O) groups excluding carboxylic acids is 1. The minimum Gasteiger partial charge on any atom is -0.299 e. The van der Waals surface area contributed by atoms with Crippen LogP contribution in [-0.2, 0) is 11.2 Å². The molecule has 1 fully saturated rings. The lowest BCUT2D eigenvalue weighted by molar-refractivity contribution is -0.125. The molecule has 1 aliphatic rings. The fourth-order valence-electron chi connectivity index (χ4n) is 3.23. The molecule has 0 heterocycles. The monoisotopic (exact) mass is 258 g/mol. The van der Waals surface area contributed by atoms with Crippen molar-refractivity contribution in [3.63, 3.8) is 0 Å². The second kappa shape index (κ2) is 5.90. The standard InChI is InChI=1S/C18H26O/c1-12(2)15-7-8-18(19)17(10-15)11-16-9-13(3)5-6-14(16)4/h5-6,9,12,15,17H,7-8,10-11H2,1-4H3. The number of benzene rings is 1. The van der Waals surface area contributed by atoms with Gasteiger partial charge in [-0.25, -0.2) is 0 Å². The first kappa shape index (κ1) is 14.3. The molecule has 0 amide bonds. The predicted octanol–water partition coefficient (Wildman–Crippen LogP) is 4.49. The largest absolute Gasteiger partial charge is 0.299 e. The van der Waals surface area contributed by atoms with E-state index < -0.39 is 0 Å². The van der Waals surface area contributed by atoms with Gasteiger partial charge < -0.3 is 0 Å². The number of aryl methyl sites for hydroxylation is 2. The molecule has 0 spiro atoms. The van der Waals surface area contributed by atoms with Gasteiger partial charge >= 0.3 is 0 Å². The molecule has 0 aliphatic heterocycles. The van der Waals surface area contributed by atoms with E-state index in [4.69, 9.17) is 0 Å². The zero-order valence-corrected chi connectivity index (χ0v) is 12.7. The van der Waals surface area contributed by atoms with E-state index in [1.54, 1.807) is 0 Å². The van der Waals surface area contributed by atoms with E-state index in [0.29, 0.717) is 11.7 Å². The van der Waals surface area contributed by atoms with Gasteiger partial charge in [-0.2, -0.15) is 0 Å². The lowest BCUT2D eigenvalue weighted by Crippen LogP contribution is -2.29. The Kier molecular flexibility index (Phi) is 4.44. The Hall–Kier alpha value is -1.11. The number of Topliss-reactive ketones (excluding diaryl/α,β-unsaturated/α-hetero) is 1. The number of rotatable bonds is 3. The van der Waals surface area contributed by atoms with Crippen molar-refractivity contribution in [2.24, 2.45) is 17.8 Å². The van der Waals surface area contributed by atoms with Crippen LogP contribution < -0.4 is 0 Å². The molecule has 0 N–H and O–H groups in total. The van der Waals surface area contributed by atoms with E-state index in [9.17, 15) is 4.79 Å². The van der Waals surface area contributed by atoms with Crippen molar-refractivity contribution < 1.29 is 4.79 Å². The summed E-state index contributed by atoms with van der Waals surface area (Å²) in [6.07, 6.45) is 3.91. The summed E-state index contributed by atoms with van der Waals surface area (Å²) in [5, 5.41) is 0. The molecule has 1 aromatic carbocycles. The van der Waals surface area contributed by atoms with Crippen LogP contribution in [0.4, 0.5) is 0 Å². The van der Waals surface area contributed by atoms with E-state index in [1.165, 1.54) is 16.7 Å². The Labute approximate surface area is 117 Å². The highest BCUT2D eigenvalue weighted by molar-refractivity contribution is 5.82. The lowest BCUT2D eigenvalue weighted by atomic mass is 9.73. The third-order valence-corrected chi connectivity index (χ3v) is 4.72. The Balaban J connectivity index is 2.12. The van der Waals surface area contributed by atoms with Gasteiger partial charge in [0.25, 0.3) is 0 Å². The Bertz CT molecular complexity index is 459. The summed E-state index contributed by atoms with van der Waals surface area (Å²) in [5.74, 6) is 2.17. The van der Waals surface area contributed by atoms with E-state index in [0.717, 1.165) is 31.6 Å². The molecule has 1 heteroatoms. The van der Waals surface area contributed by atoms with Crippen LogP contribution in [0.1, 0.15) is 49.8 Å². The van der Waals surface area contributed by atoms with Crippen molar-refractivity contribution in [3.05, 3.63) is 34.9 Å². The molecule has 2 unspecified atom stereocenters. The molecular formula is C18H26O. The summed E-state index contributed by atoms with van der Waals surface area (Å²) in [5.41, 5.74) is 3.98.